The van der Waals surface area contributed by atoms with Crippen LogP contribution in [0.25, 0.3) is 121 Å². The van der Waals surface area contributed by atoms with Crippen molar-refractivity contribution in [2.45, 2.75) is 0 Å². The molecule has 0 radical (unpaired) electrons. The molecular formula is C56H34N4. The van der Waals surface area contributed by atoms with Gasteiger partial charge in [-0.05, 0) is 86.6 Å². The largest absolute Gasteiger partial charge is 0.309 e. The molecule has 0 aliphatic heterocycles. The monoisotopic (exact) mass is 762 g/mol. The molecule has 0 spiro atoms. The molecule has 10 aromatic carbocycles. The maximum absolute atomic E-state index is 5.45. The zero-order valence-electron chi connectivity index (χ0n) is 32.4. The van der Waals surface area contributed by atoms with Crippen molar-refractivity contribution in [1.29, 1.82) is 0 Å². The minimum absolute atomic E-state index is 0.655. The topological polar surface area (TPSA) is 35.6 Å². The summed E-state index contributed by atoms with van der Waals surface area (Å²) in [4.78, 5) is 10.8. The van der Waals surface area contributed by atoms with Crippen molar-refractivity contribution in [3.8, 4) is 34.0 Å². The van der Waals surface area contributed by atoms with E-state index in [0.29, 0.717) is 5.95 Å². The molecule has 0 saturated carbocycles. The molecule has 0 aliphatic carbocycles. The normalized spacial score (nSPS) is 12.0. The minimum Gasteiger partial charge on any atom is -0.309 e. The first-order valence-corrected chi connectivity index (χ1v) is 20.5. The number of fused-ring (bicyclic) bond motifs is 14. The lowest BCUT2D eigenvalue weighted by molar-refractivity contribution is 1.01. The molecule has 0 fully saturated rings. The lowest BCUT2D eigenvalue weighted by atomic mass is 9.91. The Balaban J connectivity index is 1.11. The Hall–Kier alpha value is -8.08. The minimum atomic E-state index is 0.655. The van der Waals surface area contributed by atoms with Crippen LogP contribution >= 0.6 is 0 Å². The summed E-state index contributed by atoms with van der Waals surface area (Å²) in [5.74, 6) is 0.655. The average molecular weight is 763 g/mol. The summed E-state index contributed by atoms with van der Waals surface area (Å²) >= 11 is 0. The summed E-state index contributed by atoms with van der Waals surface area (Å²) in [6.45, 7) is 0. The van der Waals surface area contributed by atoms with E-state index in [-0.39, 0.29) is 0 Å². The number of nitrogens with zero attached hydrogens (tertiary/aromatic N) is 4. The van der Waals surface area contributed by atoms with E-state index in [0.717, 1.165) is 38.9 Å². The second-order valence-corrected chi connectivity index (χ2v) is 15.7. The molecule has 0 saturated heterocycles. The van der Waals surface area contributed by atoms with Gasteiger partial charge in [-0.2, -0.15) is 0 Å². The molecule has 4 nitrogen and oxygen atoms in total. The Morgan fingerprint density at radius 2 is 0.850 bits per heavy atom. The van der Waals surface area contributed by atoms with E-state index in [1.165, 1.54) is 76.0 Å². The first-order chi connectivity index (χ1) is 29.8. The van der Waals surface area contributed by atoms with Gasteiger partial charge in [0.2, 0.25) is 5.95 Å². The van der Waals surface area contributed by atoms with Crippen molar-refractivity contribution in [3.63, 3.8) is 0 Å². The van der Waals surface area contributed by atoms with E-state index >= 15 is 0 Å². The predicted octanol–water partition coefficient (Wildman–Crippen LogP) is 14.6. The van der Waals surface area contributed by atoms with Crippen molar-refractivity contribution in [2.75, 3.05) is 0 Å². The first kappa shape index (κ1) is 32.9. The fourth-order valence-corrected chi connectivity index (χ4v) is 9.87. The number of benzene rings is 10. The summed E-state index contributed by atoms with van der Waals surface area (Å²) in [6.07, 6.45) is 0. The van der Waals surface area contributed by atoms with Crippen LogP contribution in [0.15, 0.2) is 206 Å². The molecule has 0 N–H and O–H groups in total. The Labute approximate surface area is 344 Å². The molecule has 4 heteroatoms. The predicted molar refractivity (Wildman–Crippen MR) is 252 cm³/mol. The van der Waals surface area contributed by atoms with Crippen molar-refractivity contribution >= 4 is 86.8 Å². The van der Waals surface area contributed by atoms with Gasteiger partial charge in [0.15, 0.2) is 0 Å². The van der Waals surface area contributed by atoms with Gasteiger partial charge in [0.05, 0.1) is 33.3 Å². The van der Waals surface area contributed by atoms with Crippen molar-refractivity contribution < 1.29 is 0 Å². The smallest absolute Gasteiger partial charge is 0.235 e. The van der Waals surface area contributed by atoms with Gasteiger partial charge in [-0.15, -0.1) is 0 Å². The molecule has 3 aromatic heterocycles. The Kier molecular flexibility index (Phi) is 6.98. The highest BCUT2D eigenvalue weighted by Gasteiger charge is 2.22. The van der Waals surface area contributed by atoms with E-state index in [1.807, 2.05) is 0 Å². The number of aromatic nitrogens is 4. The van der Waals surface area contributed by atoms with Gasteiger partial charge in [-0.1, -0.05) is 158 Å². The third kappa shape index (κ3) is 4.73. The van der Waals surface area contributed by atoms with Gasteiger partial charge in [0.1, 0.15) is 0 Å². The summed E-state index contributed by atoms with van der Waals surface area (Å²) in [7, 11) is 0. The van der Waals surface area contributed by atoms with E-state index in [4.69, 9.17) is 9.97 Å². The van der Waals surface area contributed by atoms with E-state index in [1.54, 1.807) is 0 Å². The summed E-state index contributed by atoms with van der Waals surface area (Å²) < 4.78 is 4.68. The standard InChI is InChI=1S/C56H34N4/c1-3-15-35(16-4-1)36-27-29-37(30-28-36)55-43-22-9-12-24-48(43)57-56(58-55)60-50-26-14-11-23-44(50)54-51(60)32-31-42-45-33-47-40-20-10-13-25-49(40)59(38-17-5-2-6-18-38)52(47)34-46(45)39-19-7-8-21-41(39)53(42)54/h1-34H. The molecule has 13 aromatic rings. The lowest BCUT2D eigenvalue weighted by Crippen LogP contribution is -2.03. The van der Waals surface area contributed by atoms with E-state index in [9.17, 15) is 0 Å². The Morgan fingerprint density at radius 3 is 1.63 bits per heavy atom. The third-order valence-electron chi connectivity index (χ3n) is 12.5. The van der Waals surface area contributed by atoms with Crippen LogP contribution in [0.3, 0.4) is 0 Å². The van der Waals surface area contributed by atoms with Crippen LogP contribution < -0.4 is 0 Å². The molecule has 0 bridgehead atoms. The number of para-hydroxylation sites is 4. The fourth-order valence-electron chi connectivity index (χ4n) is 9.87. The lowest BCUT2D eigenvalue weighted by Gasteiger charge is -2.14. The van der Waals surface area contributed by atoms with Crippen LogP contribution in [0, 0.1) is 0 Å². The summed E-state index contributed by atoms with van der Waals surface area (Å²) in [5, 5.41) is 13.3. The molecule has 0 atom stereocenters. The van der Waals surface area contributed by atoms with Gasteiger partial charge >= 0.3 is 0 Å². The molecule has 13 rings (SSSR count). The zero-order valence-corrected chi connectivity index (χ0v) is 32.4. The Morgan fingerprint density at radius 1 is 0.283 bits per heavy atom. The van der Waals surface area contributed by atoms with Gasteiger partial charge in [-0.25, -0.2) is 9.97 Å². The maximum Gasteiger partial charge on any atom is 0.235 e. The van der Waals surface area contributed by atoms with Crippen LogP contribution in [0.2, 0.25) is 0 Å². The highest BCUT2D eigenvalue weighted by Crippen LogP contribution is 2.45. The van der Waals surface area contributed by atoms with Gasteiger partial charge in [0.25, 0.3) is 0 Å². The molecule has 0 amide bonds. The van der Waals surface area contributed by atoms with E-state index < -0.39 is 0 Å². The average Bonchev–Trinajstić information content (AvgIpc) is 3.84. The molecule has 278 valence electrons. The van der Waals surface area contributed by atoms with Crippen LogP contribution in [-0.2, 0) is 0 Å². The number of hydrogen-bond acceptors (Lipinski definition) is 2. The molecule has 60 heavy (non-hydrogen) atoms. The third-order valence-corrected chi connectivity index (χ3v) is 12.5. The first-order valence-electron chi connectivity index (χ1n) is 20.5. The zero-order chi connectivity index (χ0) is 39.3. The van der Waals surface area contributed by atoms with Gasteiger partial charge in [-0.3, -0.25) is 4.57 Å². The van der Waals surface area contributed by atoms with Crippen LogP contribution in [0.4, 0.5) is 0 Å². The van der Waals surface area contributed by atoms with Crippen molar-refractivity contribution in [1.82, 2.24) is 19.1 Å². The molecular weight excluding hydrogens is 729 g/mol. The number of rotatable bonds is 4. The summed E-state index contributed by atoms with van der Waals surface area (Å²) in [5.41, 5.74) is 11.0. The van der Waals surface area contributed by atoms with Crippen LogP contribution in [0.1, 0.15) is 0 Å². The quantitative estimate of drug-likeness (QED) is 0.167. The SMILES string of the molecule is c1ccc(-c2ccc(-c3nc(-n4c5ccccc5c5c6c7ccccc7c7cc8c(cc7c6ccc54)c4ccccc4n8-c4ccccc4)nc4ccccc34)cc2)cc1. The van der Waals surface area contributed by atoms with Crippen LogP contribution in [0.5, 0.6) is 0 Å². The highest BCUT2D eigenvalue weighted by molar-refractivity contribution is 6.36. The van der Waals surface area contributed by atoms with Crippen molar-refractivity contribution in [2.24, 2.45) is 0 Å². The highest BCUT2D eigenvalue weighted by atomic mass is 15.2. The second-order valence-electron chi connectivity index (χ2n) is 15.7. The molecule has 0 aliphatic rings. The van der Waals surface area contributed by atoms with Crippen molar-refractivity contribution in [3.05, 3.63) is 206 Å². The fraction of sp³-hybridized carbons (Fsp3) is 0. The summed E-state index contributed by atoms with van der Waals surface area (Å²) in [6, 6.07) is 74.3. The van der Waals surface area contributed by atoms with Gasteiger partial charge < -0.3 is 4.57 Å². The maximum atomic E-state index is 5.45. The van der Waals surface area contributed by atoms with Gasteiger partial charge in [0, 0.05) is 43.6 Å². The second kappa shape index (κ2) is 12.7. The van der Waals surface area contributed by atoms with E-state index in [2.05, 4.69) is 215 Å². The van der Waals surface area contributed by atoms with Crippen LogP contribution in [-0.4, -0.2) is 19.1 Å². The number of hydrogen-bond donors (Lipinski definition) is 0. The Bertz CT molecular complexity index is 3860. The molecule has 0 unspecified atom stereocenters. The molecule has 3 heterocycles.